The van der Waals surface area contributed by atoms with Crippen LogP contribution in [0.15, 0.2) is 36.4 Å². The second kappa shape index (κ2) is 7.42. The summed E-state index contributed by atoms with van der Waals surface area (Å²) >= 11 is 6.17. The summed E-state index contributed by atoms with van der Waals surface area (Å²) in [6, 6.07) is 11.5. The Labute approximate surface area is 158 Å². The molecule has 1 heterocycles. The van der Waals surface area contributed by atoms with Gasteiger partial charge in [-0.2, -0.15) is 0 Å². The molecule has 0 atom stereocenters. The van der Waals surface area contributed by atoms with Gasteiger partial charge in [0.25, 0.3) is 5.91 Å². The number of carbonyl (C=O) groups excluding carboxylic acids is 1. The van der Waals surface area contributed by atoms with Gasteiger partial charge in [0.2, 0.25) is 0 Å². The Balaban J connectivity index is 2.07. The summed E-state index contributed by atoms with van der Waals surface area (Å²) in [5.41, 5.74) is 4.22. The van der Waals surface area contributed by atoms with Gasteiger partial charge in [-0.3, -0.25) is 4.79 Å². The van der Waals surface area contributed by atoms with E-state index in [-0.39, 0.29) is 5.91 Å². The van der Waals surface area contributed by atoms with Crippen LogP contribution in [0, 0.1) is 13.8 Å². The van der Waals surface area contributed by atoms with Crippen LogP contribution in [0.5, 0.6) is 5.75 Å². The molecule has 0 aliphatic carbocycles. The minimum atomic E-state index is -0.135. The van der Waals surface area contributed by atoms with Crippen molar-refractivity contribution >= 4 is 34.1 Å². The fraction of sp³-hybridized carbons (Fsp3) is 0.286. The van der Waals surface area contributed by atoms with Crippen LogP contribution in [0.4, 0.5) is 5.69 Å². The first-order valence-corrected chi connectivity index (χ1v) is 9.17. The number of anilines is 1. The number of hydrogen-bond donors (Lipinski definition) is 1. The Hall–Kier alpha value is -2.46. The van der Waals surface area contributed by atoms with E-state index >= 15 is 0 Å². The lowest BCUT2D eigenvalue weighted by atomic mass is 10.1. The maximum Gasteiger partial charge on any atom is 0.272 e. The molecule has 5 heteroatoms. The smallest absolute Gasteiger partial charge is 0.272 e. The maximum absolute atomic E-state index is 13.1. The van der Waals surface area contributed by atoms with Crippen LogP contribution in [0.25, 0.3) is 10.9 Å². The third-order valence-electron chi connectivity index (χ3n) is 4.65. The summed E-state index contributed by atoms with van der Waals surface area (Å²) in [6.45, 7) is 9.19. The van der Waals surface area contributed by atoms with Gasteiger partial charge >= 0.3 is 0 Å². The molecule has 0 bridgehead atoms. The quantitative estimate of drug-likeness (QED) is 0.636. The highest BCUT2D eigenvalue weighted by atomic mass is 35.5. The average molecular weight is 371 g/mol. The number of carbonyl (C=O) groups is 1. The molecule has 3 aromatic rings. The Morgan fingerprint density at radius 2 is 1.92 bits per heavy atom. The Kier molecular flexibility index (Phi) is 5.23. The summed E-state index contributed by atoms with van der Waals surface area (Å²) in [7, 11) is 0. The van der Waals surface area contributed by atoms with E-state index in [1.807, 2.05) is 68.7 Å². The lowest BCUT2D eigenvalue weighted by Gasteiger charge is -2.12. The molecule has 0 saturated carbocycles. The fourth-order valence-corrected chi connectivity index (χ4v) is 3.48. The van der Waals surface area contributed by atoms with E-state index in [1.165, 1.54) is 0 Å². The van der Waals surface area contributed by atoms with Gasteiger partial charge in [-0.1, -0.05) is 17.7 Å². The molecule has 4 nitrogen and oxygen atoms in total. The third-order valence-corrected chi connectivity index (χ3v) is 5.06. The van der Waals surface area contributed by atoms with Gasteiger partial charge in [-0.25, -0.2) is 0 Å². The minimum Gasteiger partial charge on any atom is -0.494 e. The average Bonchev–Trinajstić information content (AvgIpc) is 2.91. The van der Waals surface area contributed by atoms with Crippen molar-refractivity contribution in [1.82, 2.24) is 4.57 Å². The lowest BCUT2D eigenvalue weighted by Crippen LogP contribution is -2.18. The van der Waals surface area contributed by atoms with E-state index in [4.69, 9.17) is 16.3 Å². The van der Waals surface area contributed by atoms with Crippen molar-refractivity contribution in [2.45, 2.75) is 34.2 Å². The molecule has 0 aliphatic rings. The predicted octanol–water partition coefficient (Wildman–Crippen LogP) is 5.58. The van der Waals surface area contributed by atoms with Crippen molar-refractivity contribution in [2.75, 3.05) is 11.9 Å². The standard InChI is InChI=1S/C21H23ClN2O2/c1-5-24-19-11-10-15(26-6-2)12-16(19)13(3)20(24)21(25)23-18-9-7-8-17(22)14(18)4/h7-12H,5-6H2,1-4H3,(H,23,25). The van der Waals surface area contributed by atoms with Crippen molar-refractivity contribution in [3.63, 3.8) is 0 Å². The molecule has 136 valence electrons. The summed E-state index contributed by atoms with van der Waals surface area (Å²) in [5.74, 6) is 0.679. The molecule has 26 heavy (non-hydrogen) atoms. The van der Waals surface area contributed by atoms with E-state index in [1.54, 1.807) is 0 Å². The number of benzene rings is 2. The van der Waals surface area contributed by atoms with Crippen molar-refractivity contribution in [3.05, 3.63) is 58.2 Å². The number of amides is 1. The van der Waals surface area contributed by atoms with E-state index in [0.717, 1.165) is 33.5 Å². The topological polar surface area (TPSA) is 43.3 Å². The molecule has 0 unspecified atom stereocenters. The van der Waals surface area contributed by atoms with E-state index in [2.05, 4.69) is 5.32 Å². The number of nitrogens with one attached hydrogen (secondary N) is 1. The van der Waals surface area contributed by atoms with Crippen molar-refractivity contribution in [1.29, 1.82) is 0 Å². The zero-order chi connectivity index (χ0) is 18.8. The number of aryl methyl sites for hydroxylation is 2. The Bertz CT molecular complexity index is 976. The molecule has 3 rings (SSSR count). The molecule has 0 spiro atoms. The lowest BCUT2D eigenvalue weighted by molar-refractivity contribution is 0.101. The number of halogens is 1. The first kappa shape index (κ1) is 18.3. The molecule has 2 aromatic carbocycles. The Morgan fingerprint density at radius 3 is 2.62 bits per heavy atom. The van der Waals surface area contributed by atoms with Crippen LogP contribution in [0.2, 0.25) is 5.02 Å². The van der Waals surface area contributed by atoms with E-state index in [9.17, 15) is 4.79 Å². The van der Waals surface area contributed by atoms with Gasteiger partial charge in [0.05, 0.1) is 6.61 Å². The van der Waals surface area contributed by atoms with Crippen LogP contribution >= 0.6 is 11.6 Å². The van der Waals surface area contributed by atoms with Crippen molar-refractivity contribution in [2.24, 2.45) is 0 Å². The molecule has 0 aliphatic heterocycles. The molecule has 1 aromatic heterocycles. The first-order valence-electron chi connectivity index (χ1n) is 8.80. The number of ether oxygens (including phenoxy) is 1. The van der Waals surface area contributed by atoms with E-state index < -0.39 is 0 Å². The highest BCUT2D eigenvalue weighted by Crippen LogP contribution is 2.30. The fourth-order valence-electron chi connectivity index (χ4n) is 3.30. The maximum atomic E-state index is 13.1. The van der Waals surface area contributed by atoms with Crippen molar-refractivity contribution in [3.8, 4) is 5.75 Å². The summed E-state index contributed by atoms with van der Waals surface area (Å²) in [6.07, 6.45) is 0. The third kappa shape index (κ3) is 3.17. The molecule has 1 amide bonds. The van der Waals surface area contributed by atoms with Crippen LogP contribution in [0.3, 0.4) is 0 Å². The molecular weight excluding hydrogens is 348 g/mol. The van der Waals surface area contributed by atoms with Crippen LogP contribution in [-0.4, -0.2) is 17.1 Å². The molecule has 0 fully saturated rings. The summed E-state index contributed by atoms with van der Waals surface area (Å²) in [5, 5.41) is 4.68. The van der Waals surface area contributed by atoms with Gasteiger partial charge in [0.1, 0.15) is 11.4 Å². The highest BCUT2D eigenvalue weighted by Gasteiger charge is 2.20. The molecule has 0 radical (unpaired) electrons. The normalized spacial score (nSPS) is 11.0. The van der Waals surface area contributed by atoms with Gasteiger partial charge in [0.15, 0.2) is 0 Å². The number of aromatic nitrogens is 1. The number of hydrogen-bond acceptors (Lipinski definition) is 2. The number of nitrogens with zero attached hydrogens (tertiary/aromatic N) is 1. The first-order chi connectivity index (χ1) is 12.5. The molecule has 1 N–H and O–H groups in total. The second-order valence-corrected chi connectivity index (χ2v) is 6.60. The van der Waals surface area contributed by atoms with Gasteiger partial charge in [-0.15, -0.1) is 0 Å². The van der Waals surface area contributed by atoms with Crippen LogP contribution in [0.1, 0.15) is 35.5 Å². The summed E-state index contributed by atoms with van der Waals surface area (Å²) < 4.78 is 7.65. The summed E-state index contributed by atoms with van der Waals surface area (Å²) in [4.78, 5) is 13.1. The molecule has 0 saturated heterocycles. The predicted molar refractivity (Wildman–Crippen MR) is 108 cm³/mol. The van der Waals surface area contributed by atoms with Crippen molar-refractivity contribution < 1.29 is 9.53 Å². The molecular formula is C21H23ClN2O2. The minimum absolute atomic E-state index is 0.135. The largest absolute Gasteiger partial charge is 0.494 e. The van der Waals surface area contributed by atoms with Gasteiger partial charge < -0.3 is 14.6 Å². The number of rotatable bonds is 5. The van der Waals surface area contributed by atoms with Gasteiger partial charge in [0, 0.05) is 28.2 Å². The SMILES string of the molecule is CCOc1ccc2c(c1)c(C)c(C(=O)Nc1cccc(Cl)c1C)n2CC. The Morgan fingerprint density at radius 1 is 1.15 bits per heavy atom. The monoisotopic (exact) mass is 370 g/mol. The van der Waals surface area contributed by atoms with Crippen LogP contribution in [-0.2, 0) is 6.54 Å². The second-order valence-electron chi connectivity index (χ2n) is 6.20. The van der Waals surface area contributed by atoms with E-state index in [0.29, 0.717) is 23.9 Å². The highest BCUT2D eigenvalue weighted by molar-refractivity contribution is 6.31. The van der Waals surface area contributed by atoms with Gasteiger partial charge in [-0.05, 0) is 69.2 Å². The zero-order valence-electron chi connectivity index (χ0n) is 15.5. The zero-order valence-corrected chi connectivity index (χ0v) is 16.3. The number of fused-ring (bicyclic) bond motifs is 1. The van der Waals surface area contributed by atoms with Crippen LogP contribution < -0.4 is 10.1 Å².